The number of esters is 1. The van der Waals surface area contributed by atoms with Gasteiger partial charge in [-0.25, -0.2) is 4.79 Å². The summed E-state index contributed by atoms with van der Waals surface area (Å²) in [6.07, 6.45) is 0. The van der Waals surface area contributed by atoms with Crippen molar-refractivity contribution in [2.45, 2.75) is 0 Å². The highest BCUT2D eigenvalue weighted by atomic mass is 32.1. The lowest BCUT2D eigenvalue weighted by atomic mass is 10.2. The summed E-state index contributed by atoms with van der Waals surface area (Å²) in [6, 6.07) is 6.19. The van der Waals surface area contributed by atoms with E-state index in [9.17, 15) is 9.90 Å². The molecule has 0 heterocycles. The molecule has 12 heavy (non-hydrogen) atoms. The molecule has 0 amide bonds. The van der Waals surface area contributed by atoms with Crippen molar-refractivity contribution >= 4 is 18.6 Å². The van der Waals surface area contributed by atoms with E-state index >= 15 is 0 Å². The number of carbonyl (C=O) groups excluding carboxylic acids is 1. The molecule has 0 fully saturated rings. The topological polar surface area (TPSA) is 46.5 Å². The molecule has 0 saturated carbocycles. The molecule has 0 unspecified atom stereocenters. The molecule has 4 heteroatoms. The van der Waals surface area contributed by atoms with E-state index < -0.39 is 5.97 Å². The average Bonchev–Trinajstić information content (AvgIpc) is 2.05. The first-order valence-electron chi connectivity index (χ1n) is 3.31. The van der Waals surface area contributed by atoms with Gasteiger partial charge >= 0.3 is 5.97 Å². The molecular formula is C8H8O3S. The highest BCUT2D eigenvalue weighted by Gasteiger charge is 2.09. The van der Waals surface area contributed by atoms with E-state index in [2.05, 4.69) is 17.4 Å². The van der Waals surface area contributed by atoms with Crippen LogP contribution in [-0.2, 0) is 4.74 Å². The Morgan fingerprint density at radius 2 is 2.17 bits per heavy atom. The van der Waals surface area contributed by atoms with Crippen LogP contribution in [0, 0.1) is 0 Å². The Hall–Kier alpha value is -1.16. The quantitative estimate of drug-likeness (QED) is 0.415. The van der Waals surface area contributed by atoms with Gasteiger partial charge in [-0.1, -0.05) is 12.1 Å². The summed E-state index contributed by atoms with van der Waals surface area (Å²) in [4.78, 5) is 11.0. The van der Waals surface area contributed by atoms with Crippen LogP contribution in [0.3, 0.4) is 0 Å². The average molecular weight is 184 g/mol. The van der Waals surface area contributed by atoms with Gasteiger partial charge in [0.25, 0.3) is 0 Å². The third kappa shape index (κ3) is 1.92. The third-order valence-corrected chi connectivity index (χ3v) is 1.45. The van der Waals surface area contributed by atoms with Crippen molar-refractivity contribution in [3.63, 3.8) is 0 Å². The van der Waals surface area contributed by atoms with Crippen molar-refractivity contribution in [2.24, 2.45) is 0 Å². The molecule has 0 saturated heterocycles. The zero-order valence-corrected chi connectivity index (χ0v) is 7.12. The molecule has 0 bridgehead atoms. The van der Waals surface area contributed by atoms with Crippen LogP contribution < -0.4 is 0 Å². The standard InChI is InChI=1S/C8H8O3S/c9-7-4-2-1-3-6(7)8(10)11-5-12/h1-4,9,12H,5H2. The van der Waals surface area contributed by atoms with Gasteiger partial charge in [-0.15, -0.1) is 12.6 Å². The second-order valence-corrected chi connectivity index (χ2v) is 2.34. The summed E-state index contributed by atoms with van der Waals surface area (Å²) in [7, 11) is 0. The van der Waals surface area contributed by atoms with Crippen LogP contribution in [0.1, 0.15) is 10.4 Å². The van der Waals surface area contributed by atoms with Crippen LogP contribution in [0.2, 0.25) is 0 Å². The van der Waals surface area contributed by atoms with E-state index in [-0.39, 0.29) is 17.3 Å². The number of hydrogen-bond acceptors (Lipinski definition) is 4. The predicted molar refractivity (Wildman–Crippen MR) is 47.4 cm³/mol. The molecule has 0 aromatic heterocycles. The van der Waals surface area contributed by atoms with Crippen molar-refractivity contribution in [2.75, 3.05) is 5.94 Å². The summed E-state index contributed by atoms with van der Waals surface area (Å²) in [6.45, 7) is 0. The Labute approximate surface area is 75.4 Å². The SMILES string of the molecule is O=C(OCS)c1ccccc1O. The van der Waals surface area contributed by atoms with Gasteiger partial charge in [-0.05, 0) is 12.1 Å². The van der Waals surface area contributed by atoms with E-state index in [1.165, 1.54) is 12.1 Å². The fourth-order valence-corrected chi connectivity index (χ4v) is 0.900. The minimum atomic E-state index is -0.567. The Morgan fingerprint density at radius 1 is 1.50 bits per heavy atom. The molecule has 1 rings (SSSR count). The van der Waals surface area contributed by atoms with Crippen LogP contribution in [0.15, 0.2) is 24.3 Å². The maximum absolute atomic E-state index is 11.0. The van der Waals surface area contributed by atoms with E-state index in [0.29, 0.717) is 0 Å². The lowest BCUT2D eigenvalue weighted by Crippen LogP contribution is -2.03. The second kappa shape index (κ2) is 4.01. The molecule has 1 aromatic rings. The monoisotopic (exact) mass is 184 g/mol. The summed E-state index contributed by atoms with van der Waals surface area (Å²) in [5.74, 6) is -0.639. The number of aromatic hydroxyl groups is 1. The molecule has 1 N–H and O–H groups in total. The lowest BCUT2D eigenvalue weighted by Gasteiger charge is -2.02. The van der Waals surface area contributed by atoms with Crippen molar-refractivity contribution in [3.8, 4) is 5.75 Å². The van der Waals surface area contributed by atoms with Crippen LogP contribution in [0.4, 0.5) is 0 Å². The van der Waals surface area contributed by atoms with Crippen LogP contribution in [-0.4, -0.2) is 17.0 Å². The van der Waals surface area contributed by atoms with E-state index in [0.717, 1.165) is 0 Å². The maximum atomic E-state index is 11.0. The van der Waals surface area contributed by atoms with Gasteiger partial charge in [-0.2, -0.15) is 0 Å². The Morgan fingerprint density at radius 3 is 2.75 bits per heavy atom. The number of ether oxygens (including phenoxy) is 1. The van der Waals surface area contributed by atoms with Crippen LogP contribution in [0.5, 0.6) is 5.75 Å². The van der Waals surface area contributed by atoms with Gasteiger partial charge in [0.05, 0.1) is 0 Å². The largest absolute Gasteiger partial charge is 0.507 e. The highest BCUT2D eigenvalue weighted by molar-refractivity contribution is 7.80. The molecular weight excluding hydrogens is 176 g/mol. The molecule has 64 valence electrons. The van der Waals surface area contributed by atoms with Gasteiger partial charge in [0, 0.05) is 0 Å². The summed E-state index contributed by atoms with van der Waals surface area (Å²) in [5, 5.41) is 9.18. The van der Waals surface area contributed by atoms with Crippen LogP contribution in [0.25, 0.3) is 0 Å². The Balaban J connectivity index is 2.87. The summed E-state index contributed by atoms with van der Waals surface area (Å²) < 4.78 is 4.57. The number of carbonyl (C=O) groups is 1. The van der Waals surface area contributed by atoms with Crippen molar-refractivity contribution in [1.82, 2.24) is 0 Å². The molecule has 0 aliphatic carbocycles. The normalized spacial score (nSPS) is 9.42. The zero-order valence-electron chi connectivity index (χ0n) is 6.23. The maximum Gasteiger partial charge on any atom is 0.342 e. The van der Waals surface area contributed by atoms with Crippen molar-refractivity contribution < 1.29 is 14.6 Å². The minimum absolute atomic E-state index is 0.00711. The number of para-hydroxylation sites is 1. The smallest absolute Gasteiger partial charge is 0.342 e. The summed E-state index contributed by atoms with van der Waals surface area (Å²) in [5.41, 5.74) is 0.159. The zero-order chi connectivity index (χ0) is 8.97. The number of thiol groups is 1. The first-order chi connectivity index (χ1) is 5.75. The number of hydrogen-bond donors (Lipinski definition) is 2. The van der Waals surface area contributed by atoms with Gasteiger partial charge < -0.3 is 9.84 Å². The number of phenols is 1. The first-order valence-corrected chi connectivity index (χ1v) is 3.95. The molecule has 0 radical (unpaired) electrons. The molecule has 0 aliphatic heterocycles. The van der Waals surface area contributed by atoms with E-state index in [4.69, 9.17) is 0 Å². The van der Waals surface area contributed by atoms with Gasteiger partial charge in [0.1, 0.15) is 17.3 Å². The van der Waals surface area contributed by atoms with Crippen molar-refractivity contribution in [1.29, 1.82) is 0 Å². The van der Waals surface area contributed by atoms with Crippen molar-refractivity contribution in [3.05, 3.63) is 29.8 Å². The molecule has 0 atom stereocenters. The lowest BCUT2D eigenvalue weighted by molar-refractivity contribution is 0.0577. The molecule has 0 spiro atoms. The Bertz CT molecular complexity index is 285. The van der Waals surface area contributed by atoms with Gasteiger partial charge in [0.15, 0.2) is 0 Å². The molecule has 3 nitrogen and oxygen atoms in total. The highest BCUT2D eigenvalue weighted by Crippen LogP contribution is 2.16. The fraction of sp³-hybridized carbons (Fsp3) is 0.125. The number of phenolic OH excluding ortho intramolecular Hbond substituents is 1. The second-order valence-electron chi connectivity index (χ2n) is 2.08. The van der Waals surface area contributed by atoms with E-state index in [1.807, 2.05) is 0 Å². The molecule has 0 aliphatic rings. The number of benzene rings is 1. The van der Waals surface area contributed by atoms with Crippen LogP contribution >= 0.6 is 12.6 Å². The van der Waals surface area contributed by atoms with Gasteiger partial charge in [-0.3, -0.25) is 0 Å². The Kier molecular flexibility index (Phi) is 2.99. The minimum Gasteiger partial charge on any atom is -0.507 e. The molecule has 1 aromatic carbocycles. The van der Waals surface area contributed by atoms with E-state index in [1.54, 1.807) is 12.1 Å². The first kappa shape index (κ1) is 8.93. The predicted octanol–water partition coefficient (Wildman–Crippen LogP) is 1.44. The third-order valence-electron chi connectivity index (χ3n) is 1.32. The van der Waals surface area contributed by atoms with Gasteiger partial charge in [0.2, 0.25) is 0 Å². The summed E-state index contributed by atoms with van der Waals surface area (Å²) >= 11 is 3.72. The number of rotatable bonds is 2. The fourth-order valence-electron chi connectivity index (χ4n) is 0.783.